The van der Waals surface area contributed by atoms with Crippen LogP contribution in [0.2, 0.25) is 0 Å². The van der Waals surface area contributed by atoms with E-state index in [0.717, 1.165) is 25.2 Å². The molecule has 0 bridgehead atoms. The van der Waals surface area contributed by atoms with E-state index >= 15 is 0 Å². The lowest BCUT2D eigenvalue weighted by Crippen LogP contribution is -2.42. The summed E-state index contributed by atoms with van der Waals surface area (Å²) in [5.74, 6) is 0.851. The highest BCUT2D eigenvalue weighted by molar-refractivity contribution is 5.95. The third-order valence-corrected chi connectivity index (χ3v) is 4.57. The molecule has 114 valence electrons. The number of hydrogen-bond acceptors (Lipinski definition) is 2. The fourth-order valence-corrected chi connectivity index (χ4v) is 3.41. The van der Waals surface area contributed by atoms with Crippen LogP contribution in [-0.2, 0) is 0 Å². The van der Waals surface area contributed by atoms with Crippen molar-refractivity contribution in [2.24, 2.45) is 5.92 Å². The number of rotatable bonds is 4. The van der Waals surface area contributed by atoms with Gasteiger partial charge in [-0.1, -0.05) is 17.2 Å². The van der Waals surface area contributed by atoms with Gasteiger partial charge in [-0.15, -0.1) is 0 Å². The van der Waals surface area contributed by atoms with Gasteiger partial charge in [0, 0.05) is 18.2 Å². The summed E-state index contributed by atoms with van der Waals surface area (Å²) in [6.07, 6.45) is 4.84. The number of carbonyl (C=O) groups excluding carboxylic acids is 1. The minimum absolute atomic E-state index is 0.231. The SMILES string of the molecule is Cc1cc(C)cc(C(=O)N(CC2CCCNC2)C2CC2)c1. The molecule has 0 spiro atoms. The molecule has 21 heavy (non-hydrogen) atoms. The van der Waals surface area contributed by atoms with Crippen molar-refractivity contribution in [3.63, 3.8) is 0 Å². The van der Waals surface area contributed by atoms with E-state index in [1.165, 1.54) is 36.8 Å². The number of nitrogens with one attached hydrogen (secondary N) is 1. The normalized spacial score (nSPS) is 22.1. The number of piperidine rings is 1. The summed E-state index contributed by atoms with van der Waals surface area (Å²) in [4.78, 5) is 15.1. The van der Waals surface area contributed by atoms with E-state index < -0.39 is 0 Å². The zero-order chi connectivity index (χ0) is 14.8. The zero-order valence-corrected chi connectivity index (χ0v) is 13.2. The standard InChI is InChI=1S/C18H26N2O/c1-13-8-14(2)10-16(9-13)18(21)20(17-5-6-17)12-15-4-3-7-19-11-15/h8-10,15,17,19H,3-7,11-12H2,1-2H3. The predicted octanol–water partition coefficient (Wildman–Crippen LogP) is 2.91. The van der Waals surface area contributed by atoms with Gasteiger partial charge in [-0.25, -0.2) is 0 Å². The van der Waals surface area contributed by atoms with Crippen LogP contribution in [0.15, 0.2) is 18.2 Å². The van der Waals surface area contributed by atoms with Crippen LogP contribution in [0.3, 0.4) is 0 Å². The average molecular weight is 286 g/mol. The first kappa shape index (κ1) is 14.6. The van der Waals surface area contributed by atoms with Crippen molar-refractivity contribution in [1.29, 1.82) is 0 Å². The molecule has 2 fully saturated rings. The van der Waals surface area contributed by atoms with Crippen LogP contribution in [0.4, 0.5) is 0 Å². The van der Waals surface area contributed by atoms with E-state index in [9.17, 15) is 4.79 Å². The number of carbonyl (C=O) groups is 1. The second-order valence-electron chi connectivity index (χ2n) is 6.78. The molecule has 0 aromatic heterocycles. The maximum Gasteiger partial charge on any atom is 0.254 e. The molecule has 1 atom stereocenters. The Morgan fingerprint density at radius 1 is 1.19 bits per heavy atom. The van der Waals surface area contributed by atoms with Crippen LogP contribution in [0.25, 0.3) is 0 Å². The molecule has 1 aliphatic heterocycles. The molecule has 1 unspecified atom stereocenters. The topological polar surface area (TPSA) is 32.3 Å². The lowest BCUT2D eigenvalue weighted by Gasteiger charge is -2.30. The lowest BCUT2D eigenvalue weighted by molar-refractivity contribution is 0.0704. The molecule has 1 N–H and O–H groups in total. The van der Waals surface area contributed by atoms with Crippen molar-refractivity contribution >= 4 is 5.91 Å². The number of hydrogen-bond donors (Lipinski definition) is 1. The first-order valence-electron chi connectivity index (χ1n) is 8.23. The Balaban J connectivity index is 1.74. The van der Waals surface area contributed by atoms with Crippen molar-refractivity contribution < 1.29 is 4.79 Å². The van der Waals surface area contributed by atoms with Crippen LogP contribution in [-0.4, -0.2) is 36.5 Å². The quantitative estimate of drug-likeness (QED) is 0.923. The van der Waals surface area contributed by atoms with Gasteiger partial charge in [0.15, 0.2) is 0 Å². The number of amides is 1. The summed E-state index contributed by atoms with van der Waals surface area (Å²) in [5.41, 5.74) is 3.21. The minimum atomic E-state index is 0.231. The number of nitrogens with zero attached hydrogens (tertiary/aromatic N) is 1. The molecule has 1 saturated carbocycles. The van der Waals surface area contributed by atoms with Gasteiger partial charge >= 0.3 is 0 Å². The van der Waals surface area contributed by atoms with Crippen molar-refractivity contribution in [1.82, 2.24) is 10.2 Å². The Labute approximate surface area is 127 Å². The molecule has 0 radical (unpaired) electrons. The molecule has 1 aromatic rings. The second-order valence-corrected chi connectivity index (χ2v) is 6.78. The van der Waals surface area contributed by atoms with Gasteiger partial charge in [-0.2, -0.15) is 0 Å². The highest BCUT2D eigenvalue weighted by Gasteiger charge is 2.34. The van der Waals surface area contributed by atoms with Crippen LogP contribution in [0.5, 0.6) is 0 Å². The molecule has 1 aromatic carbocycles. The highest BCUT2D eigenvalue weighted by atomic mass is 16.2. The Bertz CT molecular complexity index is 496. The van der Waals surface area contributed by atoms with Gasteiger partial charge in [-0.3, -0.25) is 4.79 Å². The summed E-state index contributed by atoms with van der Waals surface area (Å²) in [5, 5.41) is 3.46. The van der Waals surface area contributed by atoms with E-state index in [1.807, 2.05) is 12.1 Å². The monoisotopic (exact) mass is 286 g/mol. The zero-order valence-electron chi connectivity index (χ0n) is 13.2. The smallest absolute Gasteiger partial charge is 0.254 e. The largest absolute Gasteiger partial charge is 0.335 e. The van der Waals surface area contributed by atoms with Gasteiger partial charge in [0.05, 0.1) is 0 Å². The molecule has 2 aliphatic rings. The van der Waals surface area contributed by atoms with Gasteiger partial charge in [0.1, 0.15) is 0 Å². The molecule has 1 amide bonds. The summed E-state index contributed by atoms with van der Waals surface area (Å²) >= 11 is 0. The molecular weight excluding hydrogens is 260 g/mol. The van der Waals surface area contributed by atoms with Crippen LogP contribution in [0, 0.1) is 19.8 Å². The minimum Gasteiger partial charge on any atom is -0.335 e. The van der Waals surface area contributed by atoms with Crippen LogP contribution in [0.1, 0.15) is 47.2 Å². The van der Waals surface area contributed by atoms with Crippen molar-refractivity contribution in [3.05, 3.63) is 34.9 Å². The molecule has 3 rings (SSSR count). The van der Waals surface area contributed by atoms with E-state index in [1.54, 1.807) is 0 Å². The number of aryl methyl sites for hydroxylation is 2. The maximum absolute atomic E-state index is 12.9. The fourth-order valence-electron chi connectivity index (χ4n) is 3.41. The lowest BCUT2D eigenvalue weighted by atomic mass is 9.98. The number of benzene rings is 1. The summed E-state index contributed by atoms with van der Waals surface area (Å²) in [7, 11) is 0. The molecule has 1 saturated heterocycles. The average Bonchev–Trinajstić information content (AvgIpc) is 3.29. The van der Waals surface area contributed by atoms with Crippen LogP contribution < -0.4 is 5.32 Å². The molecule has 1 heterocycles. The highest BCUT2D eigenvalue weighted by Crippen LogP contribution is 2.30. The molecule has 1 aliphatic carbocycles. The maximum atomic E-state index is 12.9. The van der Waals surface area contributed by atoms with Crippen molar-refractivity contribution in [2.45, 2.75) is 45.6 Å². The Kier molecular flexibility index (Phi) is 4.29. The molecule has 3 nitrogen and oxygen atoms in total. The summed E-state index contributed by atoms with van der Waals surface area (Å²) in [6, 6.07) is 6.68. The predicted molar refractivity (Wildman–Crippen MR) is 85.6 cm³/mol. The first-order chi connectivity index (χ1) is 10.1. The van der Waals surface area contributed by atoms with E-state index in [2.05, 4.69) is 30.1 Å². The summed E-state index contributed by atoms with van der Waals surface area (Å²) < 4.78 is 0. The van der Waals surface area contributed by atoms with Gasteiger partial charge < -0.3 is 10.2 Å². The van der Waals surface area contributed by atoms with E-state index in [0.29, 0.717) is 12.0 Å². The Morgan fingerprint density at radius 2 is 1.90 bits per heavy atom. The Morgan fingerprint density at radius 3 is 2.48 bits per heavy atom. The Hall–Kier alpha value is -1.35. The van der Waals surface area contributed by atoms with Gasteiger partial charge in [0.25, 0.3) is 5.91 Å². The van der Waals surface area contributed by atoms with E-state index in [4.69, 9.17) is 0 Å². The van der Waals surface area contributed by atoms with Crippen molar-refractivity contribution in [3.8, 4) is 0 Å². The summed E-state index contributed by atoms with van der Waals surface area (Å²) in [6.45, 7) is 7.24. The van der Waals surface area contributed by atoms with Crippen LogP contribution >= 0.6 is 0 Å². The van der Waals surface area contributed by atoms with Crippen molar-refractivity contribution in [2.75, 3.05) is 19.6 Å². The van der Waals surface area contributed by atoms with Gasteiger partial charge in [-0.05, 0) is 70.7 Å². The fraction of sp³-hybridized carbons (Fsp3) is 0.611. The first-order valence-corrected chi connectivity index (χ1v) is 8.23. The third-order valence-electron chi connectivity index (χ3n) is 4.57. The van der Waals surface area contributed by atoms with E-state index in [-0.39, 0.29) is 5.91 Å². The second kappa shape index (κ2) is 6.18. The molecular formula is C18H26N2O. The molecule has 3 heteroatoms. The van der Waals surface area contributed by atoms with Gasteiger partial charge in [0.2, 0.25) is 0 Å². The third kappa shape index (κ3) is 3.65.